The maximum Gasteiger partial charge on any atom is 0.306 e. The minimum Gasteiger partial charge on any atom is -0.462 e. The Labute approximate surface area is 375 Å². The lowest BCUT2D eigenvalue weighted by Crippen LogP contribution is -2.30. The molecule has 0 rings (SSSR count). The van der Waals surface area contributed by atoms with Crippen molar-refractivity contribution in [2.24, 2.45) is 0 Å². The van der Waals surface area contributed by atoms with Crippen LogP contribution in [0, 0.1) is 0 Å². The number of carbonyl (C=O) groups excluding carboxylic acids is 3. The van der Waals surface area contributed by atoms with E-state index in [1.165, 1.54) is 64.2 Å². The number of carbonyl (C=O) groups is 3. The average molecular weight is 849 g/mol. The lowest BCUT2D eigenvalue weighted by atomic mass is 10.1. The Morgan fingerprint density at radius 1 is 0.328 bits per heavy atom. The predicted molar refractivity (Wildman–Crippen MR) is 261 cm³/mol. The molecule has 0 N–H and O–H groups in total. The molecular weight excluding hydrogens is 757 g/mol. The predicted octanol–water partition coefficient (Wildman–Crippen LogP) is 16.4. The van der Waals surface area contributed by atoms with Crippen molar-refractivity contribution in [2.45, 2.75) is 232 Å². The molecule has 0 saturated heterocycles. The Balaban J connectivity index is 4.50. The smallest absolute Gasteiger partial charge is 0.306 e. The summed E-state index contributed by atoms with van der Waals surface area (Å²) in [6, 6.07) is 0. The van der Waals surface area contributed by atoms with Gasteiger partial charge in [-0.15, -0.1) is 0 Å². The van der Waals surface area contributed by atoms with Gasteiger partial charge in [-0.25, -0.2) is 0 Å². The molecule has 1 atom stereocenters. The largest absolute Gasteiger partial charge is 0.462 e. The Kier molecular flexibility index (Phi) is 46.5. The van der Waals surface area contributed by atoms with Crippen molar-refractivity contribution in [3.8, 4) is 0 Å². The zero-order chi connectivity index (χ0) is 44.4. The summed E-state index contributed by atoms with van der Waals surface area (Å²) < 4.78 is 16.7. The van der Waals surface area contributed by atoms with Crippen LogP contribution in [0.4, 0.5) is 0 Å². The summed E-state index contributed by atoms with van der Waals surface area (Å²) in [6.07, 6.45) is 62.7. The van der Waals surface area contributed by atoms with Crippen molar-refractivity contribution in [3.63, 3.8) is 0 Å². The normalized spacial score (nSPS) is 12.8. The third-order valence-electron chi connectivity index (χ3n) is 10.3. The molecule has 6 nitrogen and oxygen atoms in total. The van der Waals surface area contributed by atoms with Crippen LogP contribution in [0.25, 0.3) is 0 Å². The first-order chi connectivity index (χ1) is 30.0. The molecule has 61 heavy (non-hydrogen) atoms. The minimum atomic E-state index is -0.805. The highest BCUT2D eigenvalue weighted by Gasteiger charge is 2.19. The maximum absolute atomic E-state index is 12.8. The van der Waals surface area contributed by atoms with Crippen LogP contribution in [-0.2, 0) is 28.6 Å². The molecule has 348 valence electrons. The number of hydrogen-bond acceptors (Lipinski definition) is 6. The molecule has 0 unspecified atom stereocenters. The summed E-state index contributed by atoms with van der Waals surface area (Å²) in [6.45, 7) is 6.46. The quantitative estimate of drug-likeness (QED) is 0.0263. The zero-order valence-electron chi connectivity index (χ0n) is 39.7. The fourth-order valence-electron chi connectivity index (χ4n) is 6.48. The van der Waals surface area contributed by atoms with Crippen LogP contribution >= 0.6 is 0 Å². The van der Waals surface area contributed by atoms with Gasteiger partial charge in [0.15, 0.2) is 6.10 Å². The molecule has 0 aliphatic carbocycles. The maximum atomic E-state index is 12.8. The van der Waals surface area contributed by atoms with Crippen molar-refractivity contribution in [3.05, 3.63) is 85.1 Å². The molecule has 0 aliphatic heterocycles. The van der Waals surface area contributed by atoms with Gasteiger partial charge in [-0.3, -0.25) is 14.4 Å². The number of rotatable bonds is 44. The molecule has 0 aromatic rings. The van der Waals surface area contributed by atoms with Gasteiger partial charge in [0.05, 0.1) is 0 Å². The van der Waals surface area contributed by atoms with Crippen LogP contribution in [0.5, 0.6) is 0 Å². The number of hydrogen-bond donors (Lipinski definition) is 0. The highest BCUT2D eigenvalue weighted by molar-refractivity contribution is 5.71. The van der Waals surface area contributed by atoms with Crippen molar-refractivity contribution in [1.82, 2.24) is 0 Å². The van der Waals surface area contributed by atoms with Gasteiger partial charge in [0.2, 0.25) is 0 Å². The zero-order valence-corrected chi connectivity index (χ0v) is 39.7. The van der Waals surface area contributed by atoms with E-state index in [0.29, 0.717) is 19.3 Å². The standard InChI is InChI=1S/C55H92O6/c1-4-7-10-13-16-19-22-25-28-31-33-36-39-42-45-48-54(57)60-51-52(61-55(58)49-46-43-40-37-34-30-27-24-21-18-15-12-9-6-3)50-59-53(56)47-44-41-38-35-32-29-26-23-20-17-14-11-8-5-2/h14-19,23-28,33,36,52H,4-13,20-22,29-32,34-35,37-51H2,1-3H3/b17-14-,18-15-,19-16-,26-23-,27-24-,28-25-,36-33-/t52-/m1/s1. The van der Waals surface area contributed by atoms with Gasteiger partial charge in [-0.05, 0) is 109 Å². The first kappa shape index (κ1) is 57.6. The van der Waals surface area contributed by atoms with Gasteiger partial charge in [0.25, 0.3) is 0 Å². The Hall–Kier alpha value is -3.41. The lowest BCUT2D eigenvalue weighted by Gasteiger charge is -2.18. The van der Waals surface area contributed by atoms with E-state index in [2.05, 4.69) is 106 Å². The topological polar surface area (TPSA) is 78.9 Å². The minimum absolute atomic E-state index is 0.103. The number of allylic oxidation sites excluding steroid dienone is 14. The monoisotopic (exact) mass is 849 g/mol. The third-order valence-corrected chi connectivity index (χ3v) is 10.3. The average Bonchev–Trinajstić information content (AvgIpc) is 3.26. The van der Waals surface area contributed by atoms with E-state index < -0.39 is 6.10 Å². The highest BCUT2D eigenvalue weighted by Crippen LogP contribution is 2.12. The summed E-state index contributed by atoms with van der Waals surface area (Å²) in [5.41, 5.74) is 0. The summed E-state index contributed by atoms with van der Waals surface area (Å²) >= 11 is 0. The number of ether oxygens (including phenoxy) is 3. The van der Waals surface area contributed by atoms with Crippen molar-refractivity contribution in [1.29, 1.82) is 0 Å². The molecular formula is C55H92O6. The second kappa shape index (κ2) is 49.2. The van der Waals surface area contributed by atoms with Crippen LogP contribution < -0.4 is 0 Å². The second-order valence-corrected chi connectivity index (χ2v) is 16.4. The van der Waals surface area contributed by atoms with Crippen LogP contribution in [-0.4, -0.2) is 37.2 Å². The fraction of sp³-hybridized carbons (Fsp3) is 0.691. The summed E-state index contributed by atoms with van der Waals surface area (Å²) in [5.74, 6) is -0.973. The third kappa shape index (κ3) is 47.5. The van der Waals surface area contributed by atoms with E-state index in [1.54, 1.807) is 0 Å². The molecule has 0 aromatic heterocycles. The van der Waals surface area contributed by atoms with Crippen LogP contribution in [0.3, 0.4) is 0 Å². The van der Waals surface area contributed by atoms with Crippen molar-refractivity contribution >= 4 is 17.9 Å². The van der Waals surface area contributed by atoms with Crippen LogP contribution in [0.15, 0.2) is 85.1 Å². The van der Waals surface area contributed by atoms with Gasteiger partial charge in [-0.2, -0.15) is 0 Å². The number of unbranched alkanes of at least 4 members (excludes halogenated alkanes) is 19. The molecule has 0 spiro atoms. The van der Waals surface area contributed by atoms with E-state index in [9.17, 15) is 14.4 Å². The lowest BCUT2D eigenvalue weighted by molar-refractivity contribution is -0.167. The molecule has 0 amide bonds. The van der Waals surface area contributed by atoms with Gasteiger partial charge in [0.1, 0.15) is 13.2 Å². The molecule has 0 heterocycles. The first-order valence-corrected chi connectivity index (χ1v) is 25.1. The Bertz CT molecular complexity index is 1200. The Morgan fingerprint density at radius 3 is 1.00 bits per heavy atom. The summed E-state index contributed by atoms with van der Waals surface area (Å²) in [7, 11) is 0. The molecule has 0 saturated carbocycles. The molecule has 6 heteroatoms. The molecule has 0 radical (unpaired) electrons. The molecule has 0 fully saturated rings. The van der Waals surface area contributed by atoms with Gasteiger partial charge in [0, 0.05) is 19.3 Å². The summed E-state index contributed by atoms with van der Waals surface area (Å²) in [5, 5.41) is 0. The summed E-state index contributed by atoms with van der Waals surface area (Å²) in [4.78, 5) is 37.9. The molecule has 0 bridgehead atoms. The first-order valence-electron chi connectivity index (χ1n) is 25.1. The van der Waals surface area contributed by atoms with Crippen molar-refractivity contribution < 1.29 is 28.6 Å². The SMILES string of the molecule is CCCC/C=C\C/C=C\CCCCCCCC(=O)OC[C@H](COC(=O)CCCC/C=C\C/C=C\C/C=C\CCCCC)OC(=O)CCCCCCC/C=C\C/C=C\CCCC. The van der Waals surface area contributed by atoms with Gasteiger partial charge < -0.3 is 14.2 Å². The number of esters is 3. The van der Waals surface area contributed by atoms with E-state index in [1.807, 2.05) is 0 Å². The van der Waals surface area contributed by atoms with Crippen LogP contribution in [0.2, 0.25) is 0 Å². The van der Waals surface area contributed by atoms with E-state index in [-0.39, 0.29) is 31.1 Å². The Morgan fingerprint density at radius 2 is 0.607 bits per heavy atom. The van der Waals surface area contributed by atoms with E-state index in [4.69, 9.17) is 14.2 Å². The highest BCUT2D eigenvalue weighted by atomic mass is 16.6. The van der Waals surface area contributed by atoms with E-state index >= 15 is 0 Å². The molecule has 0 aliphatic rings. The van der Waals surface area contributed by atoms with Crippen molar-refractivity contribution in [2.75, 3.05) is 13.2 Å². The van der Waals surface area contributed by atoms with E-state index in [0.717, 1.165) is 122 Å². The molecule has 0 aromatic carbocycles. The fourth-order valence-corrected chi connectivity index (χ4v) is 6.48. The van der Waals surface area contributed by atoms with Gasteiger partial charge >= 0.3 is 17.9 Å². The van der Waals surface area contributed by atoms with Gasteiger partial charge in [-0.1, -0.05) is 183 Å². The van der Waals surface area contributed by atoms with Crippen LogP contribution in [0.1, 0.15) is 226 Å². The second-order valence-electron chi connectivity index (χ2n) is 16.4.